The zero-order valence-electron chi connectivity index (χ0n) is 17.3. The van der Waals surface area contributed by atoms with E-state index >= 15 is 0 Å². The Kier molecular flexibility index (Phi) is 6.24. The van der Waals surface area contributed by atoms with Crippen LogP contribution in [-0.4, -0.2) is 11.1 Å². The topological polar surface area (TPSA) is 50.4 Å². The molecule has 0 saturated heterocycles. The van der Waals surface area contributed by atoms with Gasteiger partial charge in [-0.1, -0.05) is 67.1 Å². The van der Waals surface area contributed by atoms with Gasteiger partial charge in [0.05, 0.1) is 11.3 Å². The first-order valence-electron chi connectivity index (χ1n) is 10.1. The van der Waals surface area contributed by atoms with Gasteiger partial charge in [-0.2, -0.15) is 0 Å². The van der Waals surface area contributed by atoms with Gasteiger partial charge < -0.3 is 9.52 Å². The summed E-state index contributed by atoms with van der Waals surface area (Å²) >= 11 is 6.45. The van der Waals surface area contributed by atoms with Crippen molar-refractivity contribution >= 4 is 45.8 Å². The number of fused-ring (bicyclic) bond motifs is 1. The van der Waals surface area contributed by atoms with E-state index in [2.05, 4.69) is 0 Å². The number of para-hydroxylation sites is 1. The van der Waals surface area contributed by atoms with Crippen molar-refractivity contribution in [3.8, 4) is 0 Å². The molecule has 0 fully saturated rings. The van der Waals surface area contributed by atoms with Gasteiger partial charge in [-0.25, -0.2) is 9.18 Å². The van der Waals surface area contributed by atoms with Gasteiger partial charge in [0.15, 0.2) is 0 Å². The molecule has 32 heavy (non-hydrogen) atoms. The summed E-state index contributed by atoms with van der Waals surface area (Å²) in [5, 5.41) is 10.2. The Balaban J connectivity index is 1.96. The first-order chi connectivity index (χ1) is 15.5. The van der Waals surface area contributed by atoms with Crippen LogP contribution in [0.3, 0.4) is 0 Å². The number of carboxylic acid groups (broad SMARTS) is 1. The Labute approximate surface area is 190 Å². The highest BCUT2D eigenvalue weighted by molar-refractivity contribution is 6.32. The Bertz CT molecular complexity index is 1350. The maximum atomic E-state index is 13.7. The number of benzene rings is 3. The summed E-state index contributed by atoms with van der Waals surface area (Å²) in [6.07, 6.45) is 5.03. The Morgan fingerprint density at radius 2 is 1.81 bits per heavy atom. The molecule has 5 heteroatoms. The van der Waals surface area contributed by atoms with E-state index in [-0.39, 0.29) is 5.82 Å². The maximum Gasteiger partial charge on any atom is 0.328 e. The molecule has 3 aromatic carbocycles. The van der Waals surface area contributed by atoms with Gasteiger partial charge in [0.1, 0.15) is 11.4 Å². The number of aliphatic carboxylic acids is 1. The minimum Gasteiger partial charge on any atom is -0.478 e. The van der Waals surface area contributed by atoms with E-state index in [0.717, 1.165) is 50.4 Å². The second-order valence-electron chi connectivity index (χ2n) is 7.27. The van der Waals surface area contributed by atoms with Crippen molar-refractivity contribution in [1.29, 1.82) is 0 Å². The molecule has 1 N–H and O–H groups in total. The molecule has 4 aromatic rings. The van der Waals surface area contributed by atoms with Crippen molar-refractivity contribution in [2.45, 2.75) is 13.3 Å². The van der Waals surface area contributed by atoms with Gasteiger partial charge in [0, 0.05) is 17.0 Å². The lowest BCUT2D eigenvalue weighted by Crippen LogP contribution is -1.96. The molecule has 0 aliphatic carbocycles. The maximum absolute atomic E-state index is 13.7. The number of carbonyl (C=O) groups is 1. The van der Waals surface area contributed by atoms with Gasteiger partial charge >= 0.3 is 5.97 Å². The number of hydrogen-bond donors (Lipinski definition) is 1. The van der Waals surface area contributed by atoms with E-state index in [1.165, 1.54) is 12.1 Å². The Morgan fingerprint density at radius 1 is 1.06 bits per heavy atom. The van der Waals surface area contributed by atoms with Crippen LogP contribution < -0.4 is 0 Å². The van der Waals surface area contributed by atoms with Crippen molar-refractivity contribution in [3.05, 3.63) is 112 Å². The molecule has 1 aromatic heterocycles. The lowest BCUT2D eigenvalue weighted by atomic mass is 9.87. The lowest BCUT2D eigenvalue weighted by molar-refractivity contribution is -0.131. The van der Waals surface area contributed by atoms with Crippen molar-refractivity contribution < 1.29 is 18.7 Å². The minimum absolute atomic E-state index is 0.341. The Morgan fingerprint density at radius 3 is 2.50 bits per heavy atom. The minimum atomic E-state index is -1.00. The summed E-state index contributed by atoms with van der Waals surface area (Å²) < 4.78 is 19.5. The van der Waals surface area contributed by atoms with Gasteiger partial charge in [0.25, 0.3) is 0 Å². The van der Waals surface area contributed by atoms with E-state index < -0.39 is 5.97 Å². The number of hydrogen-bond acceptors (Lipinski definition) is 2. The molecule has 0 bridgehead atoms. The molecular formula is C27H20ClFO3. The normalized spacial score (nSPS) is 12.3. The third kappa shape index (κ3) is 4.36. The smallest absolute Gasteiger partial charge is 0.328 e. The molecule has 0 unspecified atom stereocenters. The third-order valence-electron chi connectivity index (χ3n) is 5.28. The molecule has 0 spiro atoms. The fourth-order valence-electron chi connectivity index (χ4n) is 3.83. The zero-order chi connectivity index (χ0) is 22.7. The SMILES string of the molecule is CC/C(=C(/c1ccc(/C=C/C(=O)O)cc1)c1coc2ccccc12)c1ccc(F)cc1Cl. The van der Waals surface area contributed by atoms with Crippen LogP contribution in [-0.2, 0) is 4.79 Å². The number of rotatable bonds is 6. The summed E-state index contributed by atoms with van der Waals surface area (Å²) in [7, 11) is 0. The van der Waals surface area contributed by atoms with Crippen molar-refractivity contribution in [2.24, 2.45) is 0 Å². The molecule has 0 saturated carbocycles. The Hall–Kier alpha value is -3.63. The predicted octanol–water partition coefficient (Wildman–Crippen LogP) is 7.69. The predicted molar refractivity (Wildman–Crippen MR) is 127 cm³/mol. The number of furan rings is 1. The number of allylic oxidation sites excluding steroid dienone is 1. The average molecular weight is 447 g/mol. The summed E-state index contributed by atoms with van der Waals surface area (Å²) in [5.41, 5.74) is 6.00. The van der Waals surface area contributed by atoms with E-state index in [1.807, 2.05) is 55.5 Å². The van der Waals surface area contributed by atoms with E-state index in [1.54, 1.807) is 18.4 Å². The molecule has 0 atom stereocenters. The van der Waals surface area contributed by atoms with Crippen LogP contribution in [0.2, 0.25) is 5.02 Å². The summed E-state index contributed by atoms with van der Waals surface area (Å²) in [5.74, 6) is -1.39. The van der Waals surface area contributed by atoms with Crippen LogP contribution in [0.4, 0.5) is 4.39 Å². The largest absolute Gasteiger partial charge is 0.478 e. The first kappa shape index (κ1) is 21.6. The summed E-state index contributed by atoms with van der Waals surface area (Å²) in [6.45, 7) is 2.03. The van der Waals surface area contributed by atoms with Gasteiger partial charge in [-0.3, -0.25) is 0 Å². The van der Waals surface area contributed by atoms with Crippen LogP contribution in [0.25, 0.3) is 28.2 Å². The van der Waals surface area contributed by atoms with E-state index in [0.29, 0.717) is 11.4 Å². The van der Waals surface area contributed by atoms with Crippen LogP contribution in [0.15, 0.2) is 83.5 Å². The second kappa shape index (κ2) is 9.25. The molecule has 3 nitrogen and oxygen atoms in total. The zero-order valence-corrected chi connectivity index (χ0v) is 18.1. The number of halogens is 2. The van der Waals surface area contributed by atoms with E-state index in [9.17, 15) is 9.18 Å². The van der Waals surface area contributed by atoms with E-state index in [4.69, 9.17) is 21.1 Å². The molecule has 0 amide bonds. The second-order valence-corrected chi connectivity index (χ2v) is 7.68. The quantitative estimate of drug-likeness (QED) is 0.244. The monoisotopic (exact) mass is 446 g/mol. The molecular weight excluding hydrogens is 427 g/mol. The summed E-state index contributed by atoms with van der Waals surface area (Å²) in [4.78, 5) is 10.8. The first-order valence-corrected chi connectivity index (χ1v) is 10.5. The highest BCUT2D eigenvalue weighted by Crippen LogP contribution is 2.40. The lowest BCUT2D eigenvalue weighted by Gasteiger charge is -2.16. The number of carboxylic acids is 1. The van der Waals surface area contributed by atoms with Gasteiger partial charge in [0.2, 0.25) is 0 Å². The van der Waals surface area contributed by atoms with Crippen LogP contribution in [0, 0.1) is 5.82 Å². The molecule has 1 heterocycles. The standard InChI is InChI=1S/C27H20ClFO3/c1-2-20(21-13-12-19(29)15-24(21)28)27(23-16-32-25-6-4-3-5-22(23)25)18-10-7-17(8-11-18)9-14-26(30)31/h3-16H,2H2,1H3,(H,30,31)/b14-9+,27-20+. The molecule has 0 aliphatic rings. The summed E-state index contributed by atoms with van der Waals surface area (Å²) in [6, 6.07) is 19.8. The van der Waals surface area contributed by atoms with Gasteiger partial charge in [-0.15, -0.1) is 0 Å². The van der Waals surface area contributed by atoms with Crippen molar-refractivity contribution in [3.63, 3.8) is 0 Å². The van der Waals surface area contributed by atoms with Crippen LogP contribution in [0.5, 0.6) is 0 Å². The fraction of sp³-hybridized carbons (Fsp3) is 0.0741. The molecule has 160 valence electrons. The average Bonchev–Trinajstić information content (AvgIpc) is 3.21. The highest BCUT2D eigenvalue weighted by atomic mass is 35.5. The molecule has 0 radical (unpaired) electrons. The highest BCUT2D eigenvalue weighted by Gasteiger charge is 2.19. The molecule has 4 rings (SSSR count). The van der Waals surface area contributed by atoms with Crippen LogP contribution in [0.1, 0.15) is 35.6 Å². The van der Waals surface area contributed by atoms with Crippen molar-refractivity contribution in [2.75, 3.05) is 0 Å². The van der Waals surface area contributed by atoms with Gasteiger partial charge in [-0.05, 0) is 58.5 Å². The molecule has 0 aliphatic heterocycles. The van der Waals surface area contributed by atoms with Crippen molar-refractivity contribution in [1.82, 2.24) is 0 Å². The van der Waals surface area contributed by atoms with Crippen LogP contribution >= 0.6 is 11.6 Å². The fourth-order valence-corrected chi connectivity index (χ4v) is 4.11. The third-order valence-corrected chi connectivity index (χ3v) is 5.59.